The van der Waals surface area contributed by atoms with Gasteiger partial charge in [-0.3, -0.25) is 4.79 Å². The lowest BCUT2D eigenvalue weighted by Crippen LogP contribution is -1.96. The lowest BCUT2D eigenvalue weighted by molar-refractivity contribution is 0.109. The van der Waals surface area contributed by atoms with Crippen molar-refractivity contribution in [2.24, 2.45) is 5.92 Å². The molecule has 0 aromatic carbocycles. The molecule has 0 saturated carbocycles. The van der Waals surface area contributed by atoms with Crippen LogP contribution in [0.15, 0.2) is 10.7 Å². The number of furan rings is 1. The van der Waals surface area contributed by atoms with Gasteiger partial charge in [0, 0.05) is 5.56 Å². The molecule has 0 bridgehead atoms. The van der Waals surface area contributed by atoms with Crippen LogP contribution in [0.2, 0.25) is 0 Å². The number of aldehydes is 1. The highest BCUT2D eigenvalue weighted by Crippen LogP contribution is 2.19. The molecule has 1 rings (SSSR count). The maximum atomic E-state index is 10.5. The van der Waals surface area contributed by atoms with Crippen molar-refractivity contribution in [2.75, 3.05) is 0 Å². The van der Waals surface area contributed by atoms with Crippen LogP contribution in [0, 0.1) is 5.92 Å². The van der Waals surface area contributed by atoms with Crippen LogP contribution >= 0.6 is 0 Å². The fraction of sp³-hybridized carbons (Fsp3) is 0.545. The molecule has 0 amide bonds. The Morgan fingerprint density at radius 3 is 2.79 bits per heavy atom. The Morgan fingerprint density at radius 1 is 1.57 bits per heavy atom. The zero-order valence-corrected chi connectivity index (χ0v) is 8.62. The van der Waals surface area contributed by atoms with Crippen molar-refractivity contribution in [1.29, 1.82) is 0 Å². The molecule has 0 radical (unpaired) electrons. The van der Waals surface area contributed by atoms with Crippen LogP contribution in [-0.4, -0.2) is 11.4 Å². The van der Waals surface area contributed by atoms with Crippen LogP contribution in [0.5, 0.6) is 0 Å². The largest absolute Gasteiger partial charge is 0.461 e. The number of aliphatic hydroxyl groups excluding tert-OH is 1. The van der Waals surface area contributed by atoms with Gasteiger partial charge in [-0.05, 0) is 24.3 Å². The van der Waals surface area contributed by atoms with E-state index in [-0.39, 0.29) is 12.4 Å². The van der Waals surface area contributed by atoms with Gasteiger partial charge < -0.3 is 9.52 Å². The minimum atomic E-state index is -0.127. The maximum absolute atomic E-state index is 10.5. The average molecular weight is 196 g/mol. The monoisotopic (exact) mass is 196 g/mol. The lowest BCUT2D eigenvalue weighted by Gasteiger charge is -2.03. The minimum absolute atomic E-state index is 0.127. The van der Waals surface area contributed by atoms with Crippen molar-refractivity contribution in [1.82, 2.24) is 0 Å². The Hall–Kier alpha value is -1.09. The number of aliphatic hydroxyl groups is 1. The summed E-state index contributed by atoms with van der Waals surface area (Å²) < 4.78 is 5.04. The van der Waals surface area contributed by atoms with Crippen molar-refractivity contribution in [2.45, 2.75) is 33.3 Å². The number of carbonyl (C=O) groups excluding carboxylic acids is 1. The summed E-state index contributed by atoms with van der Waals surface area (Å²) in [6, 6.07) is 0. The van der Waals surface area contributed by atoms with Crippen molar-refractivity contribution >= 4 is 6.29 Å². The van der Waals surface area contributed by atoms with Crippen LogP contribution in [-0.2, 0) is 13.0 Å². The number of aryl methyl sites for hydroxylation is 1. The predicted molar refractivity (Wildman–Crippen MR) is 53.2 cm³/mol. The molecular formula is C11H16O3. The quantitative estimate of drug-likeness (QED) is 0.734. The molecule has 0 aliphatic carbocycles. The molecular weight excluding hydrogens is 180 g/mol. The van der Waals surface area contributed by atoms with Gasteiger partial charge in [-0.2, -0.15) is 0 Å². The molecule has 0 unspecified atom stereocenters. The van der Waals surface area contributed by atoms with E-state index in [1.807, 2.05) is 0 Å². The topological polar surface area (TPSA) is 50.4 Å². The third kappa shape index (κ3) is 2.45. The number of hydrogen-bond acceptors (Lipinski definition) is 3. The number of hydrogen-bond donors (Lipinski definition) is 1. The molecule has 3 nitrogen and oxygen atoms in total. The van der Waals surface area contributed by atoms with E-state index in [9.17, 15) is 4.79 Å². The Labute approximate surface area is 83.7 Å². The first-order valence-corrected chi connectivity index (χ1v) is 4.84. The first-order chi connectivity index (χ1) is 6.69. The molecule has 78 valence electrons. The first kappa shape index (κ1) is 11.0. The summed E-state index contributed by atoms with van der Waals surface area (Å²) in [6.07, 6.45) is 4.10. The van der Waals surface area contributed by atoms with Crippen molar-refractivity contribution in [3.63, 3.8) is 0 Å². The van der Waals surface area contributed by atoms with Gasteiger partial charge in [0.05, 0.1) is 12.9 Å². The summed E-state index contributed by atoms with van der Waals surface area (Å²) in [5.41, 5.74) is 1.59. The van der Waals surface area contributed by atoms with E-state index in [4.69, 9.17) is 9.52 Å². The Bertz CT molecular complexity index is 299. The maximum Gasteiger partial charge on any atom is 0.185 e. The van der Waals surface area contributed by atoms with Gasteiger partial charge in [-0.1, -0.05) is 13.8 Å². The molecule has 0 aliphatic rings. The highest BCUT2D eigenvalue weighted by Gasteiger charge is 2.11. The van der Waals surface area contributed by atoms with Crippen molar-refractivity contribution < 1.29 is 14.3 Å². The molecule has 0 saturated heterocycles. The molecule has 1 N–H and O–H groups in total. The Balaban J connectivity index is 2.76. The number of rotatable bonds is 5. The smallest absolute Gasteiger partial charge is 0.185 e. The summed E-state index contributed by atoms with van der Waals surface area (Å²) >= 11 is 0. The molecule has 1 heterocycles. The van der Waals surface area contributed by atoms with E-state index < -0.39 is 0 Å². The molecule has 0 fully saturated rings. The van der Waals surface area contributed by atoms with Gasteiger partial charge in [0.2, 0.25) is 0 Å². The SMILES string of the molecule is CC(C)CCc1coc(C=O)c1CO. The molecule has 1 aromatic heterocycles. The molecule has 0 spiro atoms. The third-order valence-corrected chi connectivity index (χ3v) is 2.27. The standard InChI is InChI=1S/C11H16O3/c1-8(2)3-4-9-7-14-11(6-13)10(9)5-12/h6-8,12H,3-5H2,1-2H3. The van der Waals surface area contributed by atoms with Crippen molar-refractivity contribution in [3.05, 3.63) is 23.2 Å². The Morgan fingerprint density at radius 2 is 2.29 bits per heavy atom. The molecule has 14 heavy (non-hydrogen) atoms. The lowest BCUT2D eigenvalue weighted by atomic mass is 10.0. The zero-order valence-electron chi connectivity index (χ0n) is 8.62. The Kier molecular flexibility index (Phi) is 3.89. The van der Waals surface area contributed by atoms with E-state index >= 15 is 0 Å². The van der Waals surface area contributed by atoms with E-state index in [2.05, 4.69) is 13.8 Å². The summed E-state index contributed by atoms with van der Waals surface area (Å²) in [4.78, 5) is 10.5. The van der Waals surface area contributed by atoms with Gasteiger partial charge in [-0.15, -0.1) is 0 Å². The first-order valence-electron chi connectivity index (χ1n) is 4.84. The summed E-state index contributed by atoms with van der Waals surface area (Å²) in [5.74, 6) is 0.863. The summed E-state index contributed by atoms with van der Waals surface area (Å²) in [6.45, 7) is 4.15. The normalized spacial score (nSPS) is 10.9. The van der Waals surface area contributed by atoms with E-state index in [0.29, 0.717) is 17.8 Å². The molecule has 0 atom stereocenters. The third-order valence-electron chi connectivity index (χ3n) is 2.27. The van der Waals surface area contributed by atoms with Crippen LogP contribution in [0.3, 0.4) is 0 Å². The van der Waals surface area contributed by atoms with Crippen LogP contribution in [0.1, 0.15) is 41.9 Å². The fourth-order valence-electron chi connectivity index (χ4n) is 1.37. The molecule has 0 aliphatic heterocycles. The molecule has 1 aromatic rings. The fourth-order valence-corrected chi connectivity index (χ4v) is 1.37. The second kappa shape index (κ2) is 4.96. The van der Waals surface area contributed by atoms with Crippen molar-refractivity contribution in [3.8, 4) is 0 Å². The van der Waals surface area contributed by atoms with Gasteiger partial charge in [0.15, 0.2) is 12.0 Å². The van der Waals surface area contributed by atoms with Gasteiger partial charge >= 0.3 is 0 Å². The second-order valence-electron chi connectivity index (χ2n) is 3.81. The van der Waals surface area contributed by atoms with Crippen LogP contribution in [0.4, 0.5) is 0 Å². The highest BCUT2D eigenvalue weighted by atomic mass is 16.3. The molecule has 3 heteroatoms. The van der Waals surface area contributed by atoms with Crippen LogP contribution in [0.25, 0.3) is 0 Å². The van der Waals surface area contributed by atoms with E-state index in [0.717, 1.165) is 18.4 Å². The van der Waals surface area contributed by atoms with E-state index in [1.54, 1.807) is 6.26 Å². The van der Waals surface area contributed by atoms with Gasteiger partial charge in [-0.25, -0.2) is 0 Å². The van der Waals surface area contributed by atoms with Gasteiger partial charge in [0.25, 0.3) is 0 Å². The van der Waals surface area contributed by atoms with E-state index in [1.165, 1.54) is 0 Å². The second-order valence-corrected chi connectivity index (χ2v) is 3.81. The summed E-state index contributed by atoms with van der Waals surface area (Å²) in [7, 11) is 0. The highest BCUT2D eigenvalue weighted by molar-refractivity contribution is 5.73. The average Bonchev–Trinajstić information content (AvgIpc) is 2.56. The summed E-state index contributed by atoms with van der Waals surface area (Å²) in [5, 5.41) is 9.07. The number of carbonyl (C=O) groups is 1. The zero-order chi connectivity index (χ0) is 10.6. The van der Waals surface area contributed by atoms with Gasteiger partial charge in [0.1, 0.15) is 0 Å². The minimum Gasteiger partial charge on any atom is -0.461 e. The predicted octanol–water partition coefficient (Wildman–Crippen LogP) is 2.17. The van der Waals surface area contributed by atoms with Crippen LogP contribution < -0.4 is 0 Å².